The maximum Gasteiger partial charge on any atom is 0.119 e. The van der Waals surface area contributed by atoms with Crippen LogP contribution in [-0.2, 0) is 0 Å². The van der Waals surface area contributed by atoms with Crippen molar-refractivity contribution in [2.24, 2.45) is 0 Å². The second-order valence-electron chi connectivity index (χ2n) is 6.97. The van der Waals surface area contributed by atoms with Crippen molar-refractivity contribution in [3.05, 3.63) is 100 Å². The van der Waals surface area contributed by atoms with E-state index in [1.807, 2.05) is 12.1 Å². The first-order valence-electron chi connectivity index (χ1n) is 8.93. The normalized spacial score (nSPS) is 13.4. The summed E-state index contributed by atoms with van der Waals surface area (Å²) in [6.45, 7) is 8.68. The second kappa shape index (κ2) is 7.14. The molecule has 0 aliphatic carbocycles. The zero-order valence-electron chi connectivity index (χ0n) is 15.5. The molecule has 0 saturated carbocycles. The quantitative estimate of drug-likeness (QED) is 0.594. The smallest absolute Gasteiger partial charge is 0.119 e. The highest BCUT2D eigenvalue weighted by Crippen LogP contribution is 2.36. The second-order valence-corrected chi connectivity index (χ2v) is 6.97. The van der Waals surface area contributed by atoms with Gasteiger partial charge in [0.25, 0.3) is 0 Å². The monoisotopic (exact) mass is 330 g/mol. The van der Waals surface area contributed by atoms with Crippen molar-refractivity contribution in [2.75, 3.05) is 0 Å². The lowest BCUT2D eigenvalue weighted by molar-refractivity contribution is 0.465. The van der Waals surface area contributed by atoms with Gasteiger partial charge in [0.1, 0.15) is 5.75 Å². The Morgan fingerprint density at radius 3 is 1.72 bits per heavy atom. The predicted molar refractivity (Wildman–Crippen MR) is 105 cm³/mol. The van der Waals surface area contributed by atoms with E-state index >= 15 is 0 Å². The number of phenols is 1. The number of hydrogen-bond acceptors (Lipinski definition) is 1. The van der Waals surface area contributed by atoms with Crippen LogP contribution in [0.15, 0.2) is 66.7 Å². The third kappa shape index (κ3) is 3.46. The van der Waals surface area contributed by atoms with Gasteiger partial charge in [-0.25, -0.2) is 0 Å². The average molecular weight is 330 g/mol. The van der Waals surface area contributed by atoms with Crippen molar-refractivity contribution >= 4 is 0 Å². The summed E-state index contributed by atoms with van der Waals surface area (Å²) in [5.74, 6) is 0.825. The Morgan fingerprint density at radius 2 is 1.16 bits per heavy atom. The molecule has 0 radical (unpaired) electrons. The van der Waals surface area contributed by atoms with Gasteiger partial charge >= 0.3 is 0 Å². The molecule has 3 rings (SSSR count). The van der Waals surface area contributed by atoms with Crippen molar-refractivity contribution in [2.45, 2.75) is 39.5 Å². The average Bonchev–Trinajstić information content (AvgIpc) is 2.62. The molecule has 0 bridgehead atoms. The van der Waals surface area contributed by atoms with Crippen molar-refractivity contribution in [1.29, 1.82) is 0 Å². The van der Waals surface area contributed by atoms with Gasteiger partial charge in [0.05, 0.1) is 0 Å². The third-order valence-electron chi connectivity index (χ3n) is 5.33. The van der Waals surface area contributed by atoms with E-state index in [9.17, 15) is 5.11 Å². The Labute approximate surface area is 151 Å². The Bertz CT molecular complexity index is 879. The Hall–Kier alpha value is -2.54. The van der Waals surface area contributed by atoms with Gasteiger partial charge < -0.3 is 5.11 Å². The van der Waals surface area contributed by atoms with Crippen molar-refractivity contribution in [3.8, 4) is 5.75 Å². The minimum Gasteiger partial charge on any atom is -0.508 e. The van der Waals surface area contributed by atoms with Crippen LogP contribution in [0.1, 0.15) is 59.1 Å². The molecule has 0 fully saturated rings. The van der Waals surface area contributed by atoms with Crippen LogP contribution in [0.3, 0.4) is 0 Å². The molecule has 25 heavy (non-hydrogen) atoms. The fourth-order valence-corrected chi connectivity index (χ4v) is 3.68. The van der Waals surface area contributed by atoms with E-state index < -0.39 is 0 Å². The fourth-order valence-electron chi connectivity index (χ4n) is 3.68. The highest BCUT2D eigenvalue weighted by molar-refractivity contribution is 5.47. The summed E-state index contributed by atoms with van der Waals surface area (Å²) < 4.78 is 0. The summed E-state index contributed by atoms with van der Waals surface area (Å²) in [7, 11) is 0. The van der Waals surface area contributed by atoms with Crippen molar-refractivity contribution in [1.82, 2.24) is 0 Å². The number of benzene rings is 3. The molecular formula is C24H26O. The van der Waals surface area contributed by atoms with Gasteiger partial charge in [0.2, 0.25) is 0 Å². The lowest BCUT2D eigenvalue weighted by atomic mass is 9.85. The minimum absolute atomic E-state index is 0.158. The maximum absolute atomic E-state index is 10.5. The third-order valence-corrected chi connectivity index (χ3v) is 5.33. The molecule has 3 aromatic carbocycles. The van der Waals surface area contributed by atoms with E-state index in [1.54, 1.807) is 0 Å². The molecule has 0 spiro atoms. The molecule has 1 N–H and O–H groups in total. The van der Waals surface area contributed by atoms with Gasteiger partial charge in [0, 0.05) is 17.4 Å². The first-order chi connectivity index (χ1) is 12.0. The van der Waals surface area contributed by atoms with Gasteiger partial charge in [-0.2, -0.15) is 0 Å². The predicted octanol–water partition coefficient (Wildman–Crippen LogP) is 6.31. The summed E-state index contributed by atoms with van der Waals surface area (Å²) in [5, 5.41) is 10.5. The van der Waals surface area contributed by atoms with Crippen LogP contribution in [0.5, 0.6) is 5.75 Å². The number of aryl methyl sites for hydroxylation is 2. The molecule has 0 saturated heterocycles. The van der Waals surface area contributed by atoms with Crippen molar-refractivity contribution in [3.63, 3.8) is 0 Å². The van der Waals surface area contributed by atoms with Crippen LogP contribution in [0.4, 0.5) is 0 Å². The Kier molecular flexibility index (Phi) is 4.94. The molecular weight excluding hydrogens is 304 g/mol. The van der Waals surface area contributed by atoms with Crippen LogP contribution < -0.4 is 0 Å². The van der Waals surface area contributed by atoms with E-state index in [0.717, 1.165) is 5.56 Å². The minimum atomic E-state index is 0.158. The lowest BCUT2D eigenvalue weighted by Gasteiger charge is -2.20. The van der Waals surface area contributed by atoms with Gasteiger partial charge in [-0.15, -0.1) is 0 Å². The summed E-state index contributed by atoms with van der Waals surface area (Å²) >= 11 is 0. The van der Waals surface area contributed by atoms with Gasteiger partial charge in [-0.1, -0.05) is 74.5 Å². The molecule has 0 aliphatic rings. The topological polar surface area (TPSA) is 20.2 Å². The van der Waals surface area contributed by atoms with Crippen LogP contribution in [0.2, 0.25) is 0 Å². The molecule has 1 nitrogen and oxygen atoms in total. The maximum atomic E-state index is 10.5. The van der Waals surface area contributed by atoms with Crippen LogP contribution in [0.25, 0.3) is 0 Å². The Balaban J connectivity index is 2.01. The van der Waals surface area contributed by atoms with Gasteiger partial charge in [0.15, 0.2) is 0 Å². The molecule has 128 valence electrons. The number of aromatic hydroxyl groups is 1. The zero-order valence-corrected chi connectivity index (χ0v) is 15.5. The largest absolute Gasteiger partial charge is 0.508 e. The van der Waals surface area contributed by atoms with Crippen LogP contribution in [-0.4, -0.2) is 5.11 Å². The van der Waals surface area contributed by atoms with E-state index in [2.05, 4.69) is 82.3 Å². The molecule has 0 heterocycles. The molecule has 0 amide bonds. The zero-order chi connectivity index (χ0) is 18.0. The van der Waals surface area contributed by atoms with E-state index in [4.69, 9.17) is 0 Å². The lowest BCUT2D eigenvalue weighted by Crippen LogP contribution is -2.03. The van der Waals surface area contributed by atoms with Crippen LogP contribution >= 0.6 is 0 Å². The summed E-state index contributed by atoms with van der Waals surface area (Å²) in [6.07, 6.45) is 0. The molecule has 2 unspecified atom stereocenters. The summed E-state index contributed by atoms with van der Waals surface area (Å²) in [5.41, 5.74) is 7.39. The highest BCUT2D eigenvalue weighted by Gasteiger charge is 2.18. The number of hydrogen-bond donors (Lipinski definition) is 1. The standard InChI is InChI=1S/C24H26O/c1-16-9-5-7-11-21(16)18(3)20-13-14-24(25)23(15-20)19(4)22-12-8-6-10-17(22)2/h5-15,18-19,25H,1-4H3. The number of phenolic OH excluding ortho intramolecular Hbond substituents is 1. The first-order valence-corrected chi connectivity index (χ1v) is 8.93. The molecule has 1 heteroatoms. The molecule has 0 aliphatic heterocycles. The number of rotatable bonds is 4. The van der Waals surface area contributed by atoms with Crippen LogP contribution in [0, 0.1) is 13.8 Å². The fraction of sp³-hybridized carbons (Fsp3) is 0.250. The summed E-state index contributed by atoms with van der Waals surface area (Å²) in [6, 6.07) is 23.0. The van der Waals surface area contributed by atoms with Gasteiger partial charge in [-0.3, -0.25) is 0 Å². The van der Waals surface area contributed by atoms with Crippen molar-refractivity contribution < 1.29 is 5.11 Å². The van der Waals surface area contributed by atoms with E-state index in [0.29, 0.717) is 11.7 Å². The molecule has 3 aromatic rings. The van der Waals surface area contributed by atoms with E-state index in [-0.39, 0.29) is 5.92 Å². The first kappa shape index (κ1) is 17.3. The van der Waals surface area contributed by atoms with Gasteiger partial charge in [-0.05, 0) is 47.7 Å². The molecule has 0 aromatic heterocycles. The highest BCUT2D eigenvalue weighted by atomic mass is 16.3. The SMILES string of the molecule is Cc1ccccc1C(C)c1ccc(O)c(C(C)c2ccccc2C)c1. The molecule has 2 atom stereocenters. The summed E-state index contributed by atoms with van der Waals surface area (Å²) in [4.78, 5) is 0. The van der Waals surface area contributed by atoms with E-state index in [1.165, 1.54) is 27.8 Å². The Morgan fingerprint density at radius 1 is 0.640 bits per heavy atom.